The van der Waals surface area contributed by atoms with Crippen LogP contribution in [0.5, 0.6) is 0 Å². The molecular formula is C15H22BrNO2. The van der Waals surface area contributed by atoms with E-state index in [0.29, 0.717) is 6.54 Å². The Morgan fingerprint density at radius 2 is 2.05 bits per heavy atom. The van der Waals surface area contributed by atoms with Crippen LogP contribution < -0.4 is 5.32 Å². The molecule has 0 amide bonds. The molecule has 19 heavy (non-hydrogen) atoms. The molecule has 3 N–H and O–H groups in total. The van der Waals surface area contributed by atoms with Gasteiger partial charge in [-0.15, -0.1) is 0 Å². The Hall–Kier alpha value is -0.420. The third-order valence-corrected chi connectivity index (χ3v) is 4.28. The predicted molar refractivity (Wildman–Crippen MR) is 80.0 cm³/mol. The fourth-order valence-corrected chi connectivity index (χ4v) is 3.04. The van der Waals surface area contributed by atoms with Crippen LogP contribution in [0.15, 0.2) is 28.7 Å². The minimum Gasteiger partial charge on any atom is -0.392 e. The van der Waals surface area contributed by atoms with E-state index in [-0.39, 0.29) is 12.1 Å². The SMILES string of the molecule is OC(CNC1CCCCCC1O)c1cccc(Br)c1. The van der Waals surface area contributed by atoms with E-state index in [1.807, 2.05) is 24.3 Å². The van der Waals surface area contributed by atoms with Gasteiger partial charge in [-0.1, -0.05) is 47.3 Å². The topological polar surface area (TPSA) is 52.5 Å². The third kappa shape index (κ3) is 4.56. The van der Waals surface area contributed by atoms with Crippen LogP contribution in [0.25, 0.3) is 0 Å². The number of rotatable bonds is 4. The Balaban J connectivity index is 1.87. The zero-order valence-corrected chi connectivity index (χ0v) is 12.6. The summed E-state index contributed by atoms with van der Waals surface area (Å²) >= 11 is 3.41. The number of benzene rings is 1. The fourth-order valence-electron chi connectivity index (χ4n) is 2.62. The van der Waals surface area contributed by atoms with Gasteiger partial charge in [0.25, 0.3) is 0 Å². The Morgan fingerprint density at radius 1 is 1.26 bits per heavy atom. The molecule has 3 atom stereocenters. The summed E-state index contributed by atoms with van der Waals surface area (Å²) in [6.07, 6.45) is 4.50. The molecule has 1 saturated carbocycles. The average Bonchev–Trinajstić information content (AvgIpc) is 2.61. The highest BCUT2D eigenvalue weighted by Gasteiger charge is 2.22. The Bertz CT molecular complexity index is 399. The fraction of sp³-hybridized carbons (Fsp3) is 0.600. The van der Waals surface area contributed by atoms with Crippen molar-refractivity contribution < 1.29 is 10.2 Å². The van der Waals surface area contributed by atoms with Gasteiger partial charge in [0.2, 0.25) is 0 Å². The minimum atomic E-state index is -0.534. The smallest absolute Gasteiger partial charge is 0.0914 e. The molecule has 3 nitrogen and oxygen atoms in total. The van der Waals surface area contributed by atoms with Crippen molar-refractivity contribution in [1.29, 1.82) is 0 Å². The van der Waals surface area contributed by atoms with Crippen molar-refractivity contribution >= 4 is 15.9 Å². The van der Waals surface area contributed by atoms with Gasteiger partial charge in [-0.25, -0.2) is 0 Å². The molecule has 106 valence electrons. The van der Waals surface area contributed by atoms with Gasteiger partial charge in [-0.05, 0) is 30.5 Å². The van der Waals surface area contributed by atoms with E-state index < -0.39 is 6.10 Å². The molecule has 0 aliphatic heterocycles. The molecule has 0 radical (unpaired) electrons. The highest BCUT2D eigenvalue weighted by atomic mass is 79.9. The number of aliphatic hydroxyl groups excluding tert-OH is 2. The molecule has 1 aliphatic carbocycles. The summed E-state index contributed by atoms with van der Waals surface area (Å²) in [5.74, 6) is 0. The highest BCUT2D eigenvalue weighted by molar-refractivity contribution is 9.10. The van der Waals surface area contributed by atoms with Crippen molar-refractivity contribution in [2.75, 3.05) is 6.54 Å². The molecule has 0 spiro atoms. The van der Waals surface area contributed by atoms with Gasteiger partial charge < -0.3 is 15.5 Å². The lowest BCUT2D eigenvalue weighted by molar-refractivity contribution is 0.104. The van der Waals surface area contributed by atoms with Gasteiger partial charge in [0.05, 0.1) is 12.2 Å². The van der Waals surface area contributed by atoms with Crippen LogP contribution in [0.2, 0.25) is 0 Å². The molecule has 0 aromatic heterocycles. The van der Waals surface area contributed by atoms with Crippen LogP contribution in [0, 0.1) is 0 Å². The van der Waals surface area contributed by atoms with Crippen LogP contribution in [0.4, 0.5) is 0 Å². The Labute approximate surface area is 123 Å². The standard InChI is InChI=1S/C15H22BrNO2/c16-12-6-4-5-11(9-12)15(19)10-17-13-7-2-1-3-8-14(13)18/h4-6,9,13-15,17-19H,1-3,7-8,10H2. The van der Waals surface area contributed by atoms with Gasteiger partial charge in [-0.3, -0.25) is 0 Å². The summed E-state index contributed by atoms with van der Waals surface area (Å²) in [5, 5.41) is 23.5. The third-order valence-electron chi connectivity index (χ3n) is 3.79. The first kappa shape index (κ1) is 15.0. The maximum absolute atomic E-state index is 10.2. The molecule has 0 heterocycles. The maximum Gasteiger partial charge on any atom is 0.0914 e. The molecule has 1 aromatic carbocycles. The van der Waals surface area contributed by atoms with E-state index in [4.69, 9.17) is 0 Å². The Morgan fingerprint density at radius 3 is 2.84 bits per heavy atom. The molecule has 1 fully saturated rings. The minimum absolute atomic E-state index is 0.115. The van der Waals surface area contributed by atoms with Crippen molar-refractivity contribution in [2.24, 2.45) is 0 Å². The second kappa shape index (κ2) is 7.39. The summed E-state index contributed by atoms with van der Waals surface area (Å²) in [6, 6.07) is 7.82. The van der Waals surface area contributed by atoms with Gasteiger partial charge >= 0.3 is 0 Å². The first-order chi connectivity index (χ1) is 9.16. The molecule has 1 aliphatic rings. The molecule has 4 heteroatoms. The van der Waals surface area contributed by atoms with Crippen LogP contribution in [-0.4, -0.2) is 28.9 Å². The van der Waals surface area contributed by atoms with E-state index in [1.54, 1.807) is 0 Å². The maximum atomic E-state index is 10.2. The van der Waals surface area contributed by atoms with Crippen LogP contribution in [0.3, 0.4) is 0 Å². The van der Waals surface area contributed by atoms with E-state index in [1.165, 1.54) is 6.42 Å². The van der Waals surface area contributed by atoms with E-state index >= 15 is 0 Å². The second-order valence-corrected chi connectivity index (χ2v) is 6.21. The van der Waals surface area contributed by atoms with Crippen LogP contribution in [-0.2, 0) is 0 Å². The molecule has 2 rings (SSSR count). The summed E-state index contributed by atoms with van der Waals surface area (Å²) in [4.78, 5) is 0. The summed E-state index contributed by atoms with van der Waals surface area (Å²) < 4.78 is 0.971. The van der Waals surface area contributed by atoms with Crippen LogP contribution in [0.1, 0.15) is 43.8 Å². The number of hydrogen-bond donors (Lipinski definition) is 3. The molecular weight excluding hydrogens is 306 g/mol. The zero-order valence-electron chi connectivity index (χ0n) is 11.1. The first-order valence-corrected chi connectivity index (χ1v) is 7.81. The monoisotopic (exact) mass is 327 g/mol. The average molecular weight is 328 g/mol. The second-order valence-electron chi connectivity index (χ2n) is 5.29. The highest BCUT2D eigenvalue weighted by Crippen LogP contribution is 2.20. The molecule has 0 bridgehead atoms. The van der Waals surface area contributed by atoms with Crippen LogP contribution >= 0.6 is 15.9 Å². The van der Waals surface area contributed by atoms with Crippen molar-refractivity contribution in [2.45, 2.75) is 50.4 Å². The summed E-state index contributed by atoms with van der Waals surface area (Å²) in [5.41, 5.74) is 0.894. The summed E-state index contributed by atoms with van der Waals surface area (Å²) in [6.45, 7) is 0.484. The number of hydrogen-bond acceptors (Lipinski definition) is 3. The number of nitrogens with one attached hydrogen (secondary N) is 1. The first-order valence-electron chi connectivity index (χ1n) is 7.02. The quantitative estimate of drug-likeness (QED) is 0.745. The van der Waals surface area contributed by atoms with Crippen molar-refractivity contribution in [3.05, 3.63) is 34.3 Å². The van der Waals surface area contributed by atoms with E-state index in [9.17, 15) is 10.2 Å². The van der Waals surface area contributed by atoms with Gasteiger partial charge in [0.1, 0.15) is 0 Å². The summed E-state index contributed by atoms with van der Waals surface area (Å²) in [7, 11) is 0. The zero-order chi connectivity index (χ0) is 13.7. The molecule has 0 saturated heterocycles. The van der Waals surface area contributed by atoms with E-state index in [2.05, 4.69) is 21.2 Å². The van der Waals surface area contributed by atoms with Crippen molar-refractivity contribution in [3.8, 4) is 0 Å². The largest absolute Gasteiger partial charge is 0.392 e. The van der Waals surface area contributed by atoms with Gasteiger partial charge in [-0.2, -0.15) is 0 Å². The van der Waals surface area contributed by atoms with Crippen molar-refractivity contribution in [3.63, 3.8) is 0 Å². The number of aliphatic hydroxyl groups is 2. The lowest BCUT2D eigenvalue weighted by Gasteiger charge is -2.23. The molecule has 1 aromatic rings. The van der Waals surface area contributed by atoms with Gasteiger partial charge in [0.15, 0.2) is 0 Å². The number of halogens is 1. The Kier molecular flexibility index (Phi) is 5.82. The molecule has 3 unspecified atom stereocenters. The van der Waals surface area contributed by atoms with Gasteiger partial charge in [0, 0.05) is 17.1 Å². The normalized spacial score (nSPS) is 25.8. The van der Waals surface area contributed by atoms with E-state index in [0.717, 1.165) is 35.7 Å². The lowest BCUT2D eigenvalue weighted by Crippen LogP contribution is -2.41. The predicted octanol–water partition coefficient (Wildman–Crippen LogP) is 2.77. The lowest BCUT2D eigenvalue weighted by atomic mass is 10.0. The van der Waals surface area contributed by atoms with Crippen molar-refractivity contribution in [1.82, 2.24) is 5.32 Å².